The largest absolute Gasteiger partial charge is 0.478 e. The van der Waals surface area contributed by atoms with Crippen LogP contribution in [0.2, 0.25) is 5.02 Å². The van der Waals surface area contributed by atoms with E-state index >= 15 is 0 Å². The summed E-state index contributed by atoms with van der Waals surface area (Å²) in [6.45, 7) is 0. The molecule has 0 saturated heterocycles. The molecule has 108 valence electrons. The zero-order chi connectivity index (χ0) is 15.4. The molecule has 0 aliphatic rings. The summed E-state index contributed by atoms with van der Waals surface area (Å²) in [5, 5.41) is 19.5. The van der Waals surface area contributed by atoms with Gasteiger partial charge in [-0.05, 0) is 30.3 Å². The van der Waals surface area contributed by atoms with Crippen LogP contribution in [0.25, 0.3) is 0 Å². The Morgan fingerprint density at radius 1 is 1.24 bits per heavy atom. The number of methoxy groups -OCH3 is 1. The number of carboxylic acid groups (broad SMARTS) is 1. The summed E-state index contributed by atoms with van der Waals surface area (Å²) in [5.74, 6) is -1.30. The Hall–Kier alpha value is -2.67. The van der Waals surface area contributed by atoms with E-state index in [9.17, 15) is 9.59 Å². The Kier molecular flexibility index (Phi) is 4.34. The van der Waals surface area contributed by atoms with Crippen molar-refractivity contribution in [3.63, 3.8) is 0 Å². The Balaban J connectivity index is 2.18. The molecule has 0 unspecified atom stereocenters. The number of rotatable bonds is 4. The van der Waals surface area contributed by atoms with Gasteiger partial charge in [0.2, 0.25) is 0 Å². The number of ether oxygens (including phenoxy) is 1. The van der Waals surface area contributed by atoms with Gasteiger partial charge in [-0.1, -0.05) is 11.6 Å². The molecule has 0 atom stereocenters. The van der Waals surface area contributed by atoms with Gasteiger partial charge in [-0.25, -0.2) is 9.59 Å². The average Bonchev–Trinajstić information content (AvgIpc) is 2.49. The number of benzene rings is 1. The highest BCUT2D eigenvalue weighted by Gasteiger charge is 2.10. The maximum Gasteiger partial charge on any atom is 0.358 e. The van der Waals surface area contributed by atoms with Gasteiger partial charge in [0.15, 0.2) is 11.5 Å². The van der Waals surface area contributed by atoms with Crippen molar-refractivity contribution in [1.29, 1.82) is 0 Å². The van der Waals surface area contributed by atoms with Crippen molar-refractivity contribution in [2.24, 2.45) is 0 Å². The third-order valence-corrected chi connectivity index (χ3v) is 2.85. The van der Waals surface area contributed by atoms with Crippen LogP contribution in [0.4, 0.5) is 11.5 Å². The van der Waals surface area contributed by atoms with E-state index in [1.54, 1.807) is 0 Å². The summed E-state index contributed by atoms with van der Waals surface area (Å²) in [6.07, 6.45) is 0. The number of hydrogen-bond donors (Lipinski definition) is 2. The molecule has 2 rings (SSSR count). The Morgan fingerprint density at radius 3 is 2.52 bits per heavy atom. The molecule has 8 heteroatoms. The first-order valence-electron chi connectivity index (χ1n) is 5.73. The van der Waals surface area contributed by atoms with Crippen LogP contribution in [0.15, 0.2) is 30.3 Å². The monoisotopic (exact) mass is 307 g/mol. The van der Waals surface area contributed by atoms with Gasteiger partial charge in [-0.3, -0.25) is 0 Å². The minimum atomic E-state index is -1.06. The van der Waals surface area contributed by atoms with Crippen molar-refractivity contribution in [3.8, 4) is 0 Å². The fourth-order valence-corrected chi connectivity index (χ4v) is 1.73. The zero-order valence-electron chi connectivity index (χ0n) is 10.8. The number of carboxylic acids is 1. The lowest BCUT2D eigenvalue weighted by Gasteiger charge is -2.08. The predicted octanol–water partition coefficient (Wildman–Crippen LogP) is 2.36. The summed E-state index contributed by atoms with van der Waals surface area (Å²) in [7, 11) is 1.25. The maximum atomic E-state index is 11.2. The fraction of sp³-hybridized carbons (Fsp3) is 0.0769. The molecule has 0 radical (unpaired) electrons. The fourth-order valence-electron chi connectivity index (χ4n) is 1.50. The van der Waals surface area contributed by atoms with Crippen molar-refractivity contribution >= 4 is 35.0 Å². The van der Waals surface area contributed by atoms with Crippen LogP contribution in [0.1, 0.15) is 20.8 Å². The smallest absolute Gasteiger partial charge is 0.358 e. The molecule has 21 heavy (non-hydrogen) atoms. The summed E-state index contributed by atoms with van der Waals surface area (Å²) in [4.78, 5) is 22.0. The number of hydrogen-bond acceptors (Lipinski definition) is 6. The third-order valence-electron chi connectivity index (χ3n) is 2.54. The second-order valence-electron chi connectivity index (χ2n) is 3.92. The van der Waals surface area contributed by atoms with Gasteiger partial charge in [-0.2, -0.15) is 0 Å². The maximum absolute atomic E-state index is 11.2. The standard InChI is InChI=1S/C13H10ClN3O4/c1-21-13(20)10-4-5-11(17-16-10)15-9-3-2-7(12(18)19)6-8(9)14/h2-6H,1H3,(H,15,17)(H,18,19). The second-order valence-corrected chi connectivity index (χ2v) is 4.33. The summed E-state index contributed by atoms with van der Waals surface area (Å²) < 4.78 is 4.51. The summed E-state index contributed by atoms with van der Waals surface area (Å²) in [6, 6.07) is 7.22. The van der Waals surface area contributed by atoms with Crippen LogP contribution in [-0.2, 0) is 4.74 Å². The van der Waals surface area contributed by atoms with Gasteiger partial charge in [0, 0.05) is 0 Å². The first-order chi connectivity index (χ1) is 10.0. The van der Waals surface area contributed by atoms with Crippen LogP contribution in [0, 0.1) is 0 Å². The molecule has 1 aromatic heterocycles. The molecular weight excluding hydrogens is 298 g/mol. The van der Waals surface area contributed by atoms with Gasteiger partial charge < -0.3 is 15.2 Å². The first kappa shape index (κ1) is 14.7. The molecule has 0 aliphatic heterocycles. The second kappa shape index (κ2) is 6.19. The Bertz CT molecular complexity index is 688. The van der Waals surface area contributed by atoms with E-state index < -0.39 is 11.9 Å². The highest BCUT2D eigenvalue weighted by molar-refractivity contribution is 6.33. The molecule has 7 nitrogen and oxygen atoms in total. The van der Waals surface area contributed by atoms with Gasteiger partial charge in [0.1, 0.15) is 0 Å². The molecule has 0 fully saturated rings. The average molecular weight is 308 g/mol. The van der Waals surface area contributed by atoms with E-state index in [4.69, 9.17) is 16.7 Å². The van der Waals surface area contributed by atoms with Gasteiger partial charge in [0.25, 0.3) is 0 Å². The van der Waals surface area contributed by atoms with E-state index in [0.717, 1.165) is 0 Å². The SMILES string of the molecule is COC(=O)c1ccc(Nc2ccc(C(=O)O)cc2Cl)nn1. The van der Waals surface area contributed by atoms with E-state index in [0.29, 0.717) is 11.5 Å². The molecule has 2 aromatic rings. The van der Waals surface area contributed by atoms with Crippen LogP contribution in [0.3, 0.4) is 0 Å². The number of halogens is 1. The zero-order valence-corrected chi connectivity index (χ0v) is 11.6. The van der Waals surface area contributed by atoms with Crippen molar-refractivity contribution in [3.05, 3.63) is 46.6 Å². The van der Waals surface area contributed by atoms with Crippen molar-refractivity contribution < 1.29 is 19.4 Å². The lowest BCUT2D eigenvalue weighted by atomic mass is 10.2. The van der Waals surface area contributed by atoms with Crippen LogP contribution in [-0.4, -0.2) is 34.4 Å². The highest BCUT2D eigenvalue weighted by atomic mass is 35.5. The number of carbonyl (C=O) groups is 2. The van der Waals surface area contributed by atoms with Gasteiger partial charge in [-0.15, -0.1) is 10.2 Å². The Morgan fingerprint density at radius 2 is 2.00 bits per heavy atom. The molecular formula is C13H10ClN3O4. The van der Waals surface area contributed by atoms with Crippen LogP contribution in [0.5, 0.6) is 0 Å². The first-order valence-corrected chi connectivity index (χ1v) is 6.11. The van der Waals surface area contributed by atoms with E-state index in [1.165, 1.54) is 37.4 Å². The molecule has 0 amide bonds. The minimum Gasteiger partial charge on any atom is -0.478 e. The number of anilines is 2. The topological polar surface area (TPSA) is 101 Å². The molecule has 0 spiro atoms. The lowest BCUT2D eigenvalue weighted by Crippen LogP contribution is -2.06. The third kappa shape index (κ3) is 3.46. The summed E-state index contributed by atoms with van der Waals surface area (Å²) in [5.41, 5.74) is 0.634. The van der Waals surface area contributed by atoms with E-state index in [1.807, 2.05) is 0 Å². The number of aromatic nitrogens is 2. The van der Waals surface area contributed by atoms with Crippen LogP contribution >= 0.6 is 11.6 Å². The highest BCUT2D eigenvalue weighted by Crippen LogP contribution is 2.25. The van der Waals surface area contributed by atoms with Crippen molar-refractivity contribution in [2.45, 2.75) is 0 Å². The van der Waals surface area contributed by atoms with Crippen LogP contribution < -0.4 is 5.32 Å². The predicted molar refractivity (Wildman–Crippen MR) is 75.1 cm³/mol. The van der Waals surface area contributed by atoms with Gasteiger partial charge in [0.05, 0.1) is 23.4 Å². The van der Waals surface area contributed by atoms with Gasteiger partial charge >= 0.3 is 11.9 Å². The molecule has 0 saturated carbocycles. The van der Waals surface area contributed by atoms with E-state index in [-0.39, 0.29) is 16.3 Å². The number of nitrogens with one attached hydrogen (secondary N) is 1. The number of esters is 1. The normalized spacial score (nSPS) is 10.0. The quantitative estimate of drug-likeness (QED) is 0.836. The number of carbonyl (C=O) groups excluding carboxylic acids is 1. The minimum absolute atomic E-state index is 0.0790. The Labute approximate surface area is 124 Å². The molecule has 2 N–H and O–H groups in total. The van der Waals surface area contributed by atoms with E-state index in [2.05, 4.69) is 20.3 Å². The lowest BCUT2D eigenvalue weighted by molar-refractivity contribution is 0.0592. The molecule has 1 heterocycles. The molecule has 0 bridgehead atoms. The van der Waals surface area contributed by atoms with Crippen molar-refractivity contribution in [2.75, 3.05) is 12.4 Å². The molecule has 1 aromatic carbocycles. The molecule has 0 aliphatic carbocycles. The van der Waals surface area contributed by atoms with Crippen molar-refractivity contribution in [1.82, 2.24) is 10.2 Å². The number of nitrogens with zero attached hydrogens (tertiary/aromatic N) is 2. The summed E-state index contributed by atoms with van der Waals surface area (Å²) >= 11 is 5.98. The number of aromatic carboxylic acids is 1.